The van der Waals surface area contributed by atoms with Gasteiger partial charge in [0.2, 0.25) is 6.79 Å². The highest BCUT2D eigenvalue weighted by atomic mass is 16.7. The maximum Gasteiger partial charge on any atom is 0.345 e. The molecular weight excluding hydrogens is 276 g/mol. The molecule has 1 aromatic carbocycles. The van der Waals surface area contributed by atoms with Crippen LogP contribution in [0.25, 0.3) is 0 Å². The van der Waals surface area contributed by atoms with Crippen molar-refractivity contribution < 1.29 is 19.0 Å². The maximum absolute atomic E-state index is 11.8. The van der Waals surface area contributed by atoms with Gasteiger partial charge in [-0.2, -0.15) is 0 Å². The fraction of sp³-hybridized carbons (Fsp3) is 0.214. The summed E-state index contributed by atoms with van der Waals surface area (Å²) in [5.74, 6) is 1.10. The molecule has 0 bridgehead atoms. The van der Waals surface area contributed by atoms with Crippen molar-refractivity contribution in [1.82, 2.24) is 9.97 Å². The number of aromatic nitrogens is 2. The second-order valence-electron chi connectivity index (χ2n) is 4.43. The Morgan fingerprint density at radius 2 is 2.19 bits per heavy atom. The van der Waals surface area contributed by atoms with Crippen molar-refractivity contribution in [2.45, 2.75) is 6.42 Å². The minimum Gasteiger partial charge on any atom is -0.465 e. The number of hydrogen-bond acceptors (Lipinski definition) is 6. The molecule has 0 saturated carbocycles. The number of nitrogens with zero attached hydrogens (tertiary/aromatic N) is 1. The van der Waals surface area contributed by atoms with Crippen molar-refractivity contribution in [1.29, 1.82) is 0 Å². The zero-order valence-electron chi connectivity index (χ0n) is 11.2. The number of benzene rings is 1. The van der Waals surface area contributed by atoms with Crippen LogP contribution in [0, 0.1) is 0 Å². The molecule has 7 heteroatoms. The van der Waals surface area contributed by atoms with Crippen LogP contribution in [0.3, 0.4) is 0 Å². The van der Waals surface area contributed by atoms with E-state index in [0.717, 1.165) is 5.56 Å². The number of rotatable bonds is 3. The third-order valence-electron chi connectivity index (χ3n) is 3.07. The summed E-state index contributed by atoms with van der Waals surface area (Å²) in [4.78, 5) is 29.7. The van der Waals surface area contributed by atoms with Crippen LogP contribution in [-0.2, 0) is 11.2 Å². The number of ether oxygens (including phenoxy) is 3. The van der Waals surface area contributed by atoms with Crippen LogP contribution in [0.5, 0.6) is 11.5 Å². The van der Waals surface area contributed by atoms with Crippen LogP contribution < -0.4 is 15.0 Å². The predicted molar refractivity (Wildman–Crippen MR) is 71.6 cm³/mol. The van der Waals surface area contributed by atoms with Gasteiger partial charge >= 0.3 is 5.97 Å². The van der Waals surface area contributed by atoms with Crippen molar-refractivity contribution in [3.63, 3.8) is 0 Å². The summed E-state index contributed by atoms with van der Waals surface area (Å²) < 4.78 is 15.0. The Morgan fingerprint density at radius 3 is 2.95 bits per heavy atom. The smallest absolute Gasteiger partial charge is 0.345 e. The minimum absolute atomic E-state index is 0.119. The third kappa shape index (κ3) is 2.58. The lowest BCUT2D eigenvalue weighted by molar-refractivity contribution is 0.0598. The molecule has 0 unspecified atom stereocenters. The molecule has 0 aliphatic carbocycles. The van der Waals surface area contributed by atoms with Crippen molar-refractivity contribution in [2.24, 2.45) is 0 Å². The Hall–Kier alpha value is -2.83. The Balaban J connectivity index is 1.84. The first kappa shape index (κ1) is 13.2. The average molecular weight is 288 g/mol. The van der Waals surface area contributed by atoms with Crippen molar-refractivity contribution >= 4 is 5.97 Å². The van der Waals surface area contributed by atoms with E-state index >= 15 is 0 Å². The zero-order valence-corrected chi connectivity index (χ0v) is 11.2. The average Bonchev–Trinajstić information content (AvgIpc) is 2.94. The van der Waals surface area contributed by atoms with Gasteiger partial charge in [0.15, 0.2) is 11.5 Å². The molecule has 1 aliphatic rings. The van der Waals surface area contributed by atoms with Crippen LogP contribution in [0.4, 0.5) is 0 Å². The number of nitrogens with one attached hydrogen (secondary N) is 1. The number of carbonyl (C=O) groups is 1. The van der Waals surface area contributed by atoms with E-state index in [1.54, 1.807) is 6.07 Å². The molecule has 2 aromatic rings. The summed E-state index contributed by atoms with van der Waals surface area (Å²) in [6, 6.07) is 5.50. The molecule has 3 rings (SSSR count). The second-order valence-corrected chi connectivity index (χ2v) is 4.43. The molecule has 0 spiro atoms. The maximum atomic E-state index is 11.8. The molecule has 0 radical (unpaired) electrons. The first-order chi connectivity index (χ1) is 10.2. The van der Waals surface area contributed by atoms with Gasteiger partial charge in [0, 0.05) is 12.6 Å². The number of methoxy groups -OCH3 is 1. The van der Waals surface area contributed by atoms with Crippen LogP contribution in [0.1, 0.15) is 21.7 Å². The number of fused-ring (bicyclic) bond motifs is 1. The predicted octanol–water partition coefficient (Wildman–Crippen LogP) is 0.876. The summed E-state index contributed by atoms with van der Waals surface area (Å²) >= 11 is 0. The Bertz CT molecular complexity index is 753. The van der Waals surface area contributed by atoms with E-state index in [1.165, 1.54) is 13.3 Å². The molecule has 1 N–H and O–H groups in total. The molecular formula is C14H12N2O5. The summed E-state index contributed by atoms with van der Waals surface area (Å²) in [6.45, 7) is 0.210. The molecule has 1 aromatic heterocycles. The van der Waals surface area contributed by atoms with Crippen LogP contribution in [-0.4, -0.2) is 29.8 Å². The normalized spacial score (nSPS) is 12.2. The van der Waals surface area contributed by atoms with Gasteiger partial charge in [0.1, 0.15) is 11.4 Å². The fourth-order valence-corrected chi connectivity index (χ4v) is 2.02. The monoisotopic (exact) mass is 288 g/mol. The van der Waals surface area contributed by atoms with Crippen LogP contribution in [0.15, 0.2) is 29.2 Å². The lowest BCUT2D eigenvalue weighted by Crippen LogP contribution is -2.21. The molecule has 108 valence electrons. The Kier molecular flexibility index (Phi) is 3.31. The lowest BCUT2D eigenvalue weighted by Gasteiger charge is -2.04. The molecule has 0 fully saturated rings. The van der Waals surface area contributed by atoms with Crippen LogP contribution >= 0.6 is 0 Å². The number of carbonyl (C=O) groups excluding carboxylic acids is 1. The Morgan fingerprint density at radius 1 is 1.38 bits per heavy atom. The van der Waals surface area contributed by atoms with Crippen molar-refractivity contribution in [2.75, 3.05) is 13.9 Å². The van der Waals surface area contributed by atoms with Gasteiger partial charge in [-0.05, 0) is 17.7 Å². The standard InChI is InChI=1S/C14H12N2O5/c1-19-14(18)9-6-15-12(16-13(9)17)5-8-2-3-10-11(4-8)21-7-20-10/h2-4,6H,5,7H2,1H3,(H,15,16,17). The van der Waals surface area contributed by atoms with Crippen LogP contribution in [0.2, 0.25) is 0 Å². The quantitative estimate of drug-likeness (QED) is 0.843. The SMILES string of the molecule is COC(=O)c1cnc(Cc2ccc3c(c2)OCO3)[nH]c1=O. The third-order valence-corrected chi connectivity index (χ3v) is 3.07. The molecule has 1 aliphatic heterocycles. The van der Waals surface area contributed by atoms with Crippen molar-refractivity contribution in [3.8, 4) is 11.5 Å². The first-order valence-corrected chi connectivity index (χ1v) is 6.22. The summed E-state index contributed by atoms with van der Waals surface area (Å²) in [6.07, 6.45) is 1.63. The highest BCUT2D eigenvalue weighted by Crippen LogP contribution is 2.32. The van der Waals surface area contributed by atoms with Gasteiger partial charge in [-0.15, -0.1) is 0 Å². The zero-order chi connectivity index (χ0) is 14.8. The minimum atomic E-state index is -0.710. The van der Waals surface area contributed by atoms with Gasteiger partial charge in [-0.25, -0.2) is 9.78 Å². The molecule has 2 heterocycles. The molecule has 21 heavy (non-hydrogen) atoms. The molecule has 0 amide bonds. The van der Waals surface area contributed by atoms with Gasteiger partial charge in [0.05, 0.1) is 7.11 Å². The molecule has 7 nitrogen and oxygen atoms in total. The first-order valence-electron chi connectivity index (χ1n) is 6.22. The highest BCUT2D eigenvalue weighted by Gasteiger charge is 2.15. The van der Waals surface area contributed by atoms with Gasteiger partial charge in [-0.1, -0.05) is 6.07 Å². The summed E-state index contributed by atoms with van der Waals surface area (Å²) in [7, 11) is 1.21. The van der Waals surface area contributed by atoms with Gasteiger partial charge < -0.3 is 19.2 Å². The fourth-order valence-electron chi connectivity index (χ4n) is 2.02. The van der Waals surface area contributed by atoms with Crippen molar-refractivity contribution in [3.05, 3.63) is 51.7 Å². The van der Waals surface area contributed by atoms with E-state index in [4.69, 9.17) is 9.47 Å². The number of aromatic amines is 1. The highest BCUT2D eigenvalue weighted by molar-refractivity contribution is 5.88. The van der Waals surface area contributed by atoms with E-state index in [2.05, 4.69) is 14.7 Å². The second kappa shape index (κ2) is 5.28. The van der Waals surface area contributed by atoms with E-state index < -0.39 is 11.5 Å². The van der Waals surface area contributed by atoms with E-state index in [0.29, 0.717) is 23.7 Å². The lowest BCUT2D eigenvalue weighted by atomic mass is 10.1. The largest absolute Gasteiger partial charge is 0.465 e. The van der Waals surface area contributed by atoms with E-state index in [1.807, 2.05) is 12.1 Å². The van der Waals surface area contributed by atoms with Gasteiger partial charge in [-0.3, -0.25) is 4.79 Å². The number of hydrogen-bond donors (Lipinski definition) is 1. The summed E-state index contributed by atoms with van der Waals surface area (Å²) in [5, 5.41) is 0. The van der Waals surface area contributed by atoms with Gasteiger partial charge in [0.25, 0.3) is 5.56 Å². The Labute approximate surface area is 119 Å². The molecule has 0 atom stereocenters. The van der Waals surface area contributed by atoms with E-state index in [-0.39, 0.29) is 12.4 Å². The number of H-pyrrole nitrogens is 1. The molecule has 0 saturated heterocycles. The topological polar surface area (TPSA) is 90.5 Å². The number of esters is 1. The summed E-state index contributed by atoms with van der Waals surface area (Å²) in [5.41, 5.74) is 0.271. The van der Waals surface area contributed by atoms with E-state index in [9.17, 15) is 9.59 Å².